The predicted molar refractivity (Wildman–Crippen MR) is 97.7 cm³/mol. The van der Waals surface area contributed by atoms with E-state index in [-0.39, 0.29) is 17.8 Å². The summed E-state index contributed by atoms with van der Waals surface area (Å²) in [7, 11) is 0. The zero-order valence-corrected chi connectivity index (χ0v) is 15.9. The van der Waals surface area contributed by atoms with Crippen molar-refractivity contribution in [3.8, 4) is 5.75 Å². The first-order valence-electron chi connectivity index (χ1n) is 7.54. The van der Waals surface area contributed by atoms with Crippen LogP contribution in [0.5, 0.6) is 5.75 Å². The number of piperidine rings is 1. The quantitative estimate of drug-likeness (QED) is 0.529. The fraction of sp³-hybridized carbons (Fsp3) is 0.294. The van der Waals surface area contributed by atoms with Crippen molar-refractivity contribution in [2.24, 2.45) is 5.92 Å². The van der Waals surface area contributed by atoms with Crippen LogP contribution in [0.4, 0.5) is 0 Å². The summed E-state index contributed by atoms with van der Waals surface area (Å²) in [5, 5.41) is 2.46. The van der Waals surface area contributed by atoms with Gasteiger partial charge < -0.3 is 9.64 Å². The van der Waals surface area contributed by atoms with Crippen molar-refractivity contribution >= 4 is 50.7 Å². The van der Waals surface area contributed by atoms with E-state index in [0.717, 1.165) is 4.88 Å². The Balaban J connectivity index is 1.56. The fourth-order valence-electron chi connectivity index (χ4n) is 2.62. The van der Waals surface area contributed by atoms with Gasteiger partial charge in [-0.05, 0) is 58.4 Å². The van der Waals surface area contributed by atoms with Crippen molar-refractivity contribution < 1.29 is 14.3 Å². The van der Waals surface area contributed by atoms with Crippen LogP contribution in [-0.2, 0) is 4.79 Å². The van der Waals surface area contributed by atoms with E-state index in [9.17, 15) is 9.59 Å². The van der Waals surface area contributed by atoms with Gasteiger partial charge >= 0.3 is 5.97 Å². The van der Waals surface area contributed by atoms with E-state index in [4.69, 9.17) is 16.3 Å². The summed E-state index contributed by atoms with van der Waals surface area (Å²) in [4.78, 5) is 27.2. The number of amides is 1. The van der Waals surface area contributed by atoms with Gasteiger partial charge in [0.2, 0.25) is 0 Å². The predicted octanol–water partition coefficient (Wildman–Crippen LogP) is 4.62. The van der Waals surface area contributed by atoms with Gasteiger partial charge in [-0.15, -0.1) is 11.3 Å². The molecule has 0 radical (unpaired) electrons. The highest BCUT2D eigenvalue weighted by atomic mass is 79.9. The van der Waals surface area contributed by atoms with Gasteiger partial charge in [0.05, 0.1) is 15.3 Å². The molecule has 1 fully saturated rings. The second-order valence-corrected chi connectivity index (χ2v) is 7.78. The van der Waals surface area contributed by atoms with Crippen molar-refractivity contribution in [3.63, 3.8) is 0 Å². The number of carbonyl (C=O) groups excluding carboxylic acids is 2. The summed E-state index contributed by atoms with van der Waals surface area (Å²) >= 11 is 10.7. The minimum Gasteiger partial charge on any atom is -0.425 e. The number of benzene rings is 1. The molecule has 1 aliphatic rings. The van der Waals surface area contributed by atoms with E-state index < -0.39 is 0 Å². The largest absolute Gasteiger partial charge is 0.425 e. The molecular weight excluding hydrogens is 414 g/mol. The molecule has 1 aromatic carbocycles. The van der Waals surface area contributed by atoms with Crippen LogP contribution in [0.25, 0.3) is 0 Å². The van der Waals surface area contributed by atoms with Crippen molar-refractivity contribution in [1.82, 2.24) is 4.90 Å². The van der Waals surface area contributed by atoms with E-state index >= 15 is 0 Å². The maximum Gasteiger partial charge on any atom is 0.314 e. The Morgan fingerprint density at radius 2 is 2.00 bits per heavy atom. The first kappa shape index (κ1) is 17.5. The molecule has 4 nitrogen and oxygen atoms in total. The SMILES string of the molecule is O=C(Oc1ccc(Cl)cc1Br)C1CCN(C(=O)c2cccs2)CC1. The first-order chi connectivity index (χ1) is 11.5. The van der Waals surface area contributed by atoms with Crippen LogP contribution in [0.15, 0.2) is 40.2 Å². The first-order valence-corrected chi connectivity index (χ1v) is 9.59. The number of likely N-dealkylation sites (tertiary alicyclic amines) is 1. The third kappa shape index (κ3) is 3.99. The minimum absolute atomic E-state index is 0.0391. The molecule has 1 aromatic heterocycles. The Bertz CT molecular complexity index is 742. The number of esters is 1. The third-order valence-corrected chi connectivity index (χ3v) is 5.66. The van der Waals surface area contributed by atoms with E-state index in [1.54, 1.807) is 23.1 Å². The number of carbonyl (C=O) groups is 2. The Morgan fingerprint density at radius 3 is 2.62 bits per heavy atom. The summed E-state index contributed by atoms with van der Waals surface area (Å²) in [5.74, 6) is 0.0416. The Hall–Kier alpha value is -1.37. The van der Waals surface area contributed by atoms with Crippen LogP contribution >= 0.6 is 38.9 Å². The number of hydrogen-bond donors (Lipinski definition) is 0. The number of rotatable bonds is 3. The molecule has 0 saturated carbocycles. The zero-order valence-electron chi connectivity index (χ0n) is 12.7. The van der Waals surface area contributed by atoms with Crippen molar-refractivity contribution in [3.05, 3.63) is 50.1 Å². The number of halogens is 2. The molecule has 1 saturated heterocycles. The van der Waals surface area contributed by atoms with E-state index in [1.807, 2.05) is 17.5 Å². The third-order valence-electron chi connectivity index (χ3n) is 3.95. The van der Waals surface area contributed by atoms with E-state index in [1.165, 1.54) is 11.3 Å². The molecule has 2 aromatic rings. The maximum absolute atomic E-state index is 12.3. The van der Waals surface area contributed by atoms with E-state index in [0.29, 0.717) is 41.2 Å². The smallest absolute Gasteiger partial charge is 0.314 e. The van der Waals surface area contributed by atoms with Crippen LogP contribution in [0.3, 0.4) is 0 Å². The molecule has 0 bridgehead atoms. The summed E-state index contributed by atoms with van der Waals surface area (Å²) in [6.45, 7) is 1.14. The van der Waals surface area contributed by atoms with Crippen LogP contribution in [0.2, 0.25) is 5.02 Å². The average Bonchev–Trinajstić information content (AvgIpc) is 3.11. The second kappa shape index (κ2) is 7.68. The lowest BCUT2D eigenvalue weighted by Gasteiger charge is -2.30. The minimum atomic E-state index is -0.263. The summed E-state index contributed by atoms with van der Waals surface area (Å²) in [6, 6.07) is 8.72. The zero-order chi connectivity index (χ0) is 17.1. The number of thiophene rings is 1. The maximum atomic E-state index is 12.3. The van der Waals surface area contributed by atoms with Gasteiger partial charge in [0, 0.05) is 18.1 Å². The Labute approximate surface area is 157 Å². The van der Waals surface area contributed by atoms with Gasteiger partial charge in [-0.3, -0.25) is 9.59 Å². The monoisotopic (exact) mass is 427 g/mol. The molecule has 3 rings (SSSR count). The highest BCUT2D eigenvalue weighted by molar-refractivity contribution is 9.10. The van der Waals surface area contributed by atoms with Crippen LogP contribution < -0.4 is 4.74 Å². The lowest BCUT2D eigenvalue weighted by Crippen LogP contribution is -2.40. The summed E-state index contributed by atoms with van der Waals surface area (Å²) in [5.41, 5.74) is 0. The van der Waals surface area contributed by atoms with Gasteiger partial charge in [0.25, 0.3) is 5.91 Å². The van der Waals surface area contributed by atoms with Crippen LogP contribution in [-0.4, -0.2) is 29.9 Å². The molecule has 0 unspecified atom stereocenters. The van der Waals surface area contributed by atoms with Crippen molar-refractivity contribution in [1.29, 1.82) is 0 Å². The highest BCUT2D eigenvalue weighted by Gasteiger charge is 2.29. The Morgan fingerprint density at radius 1 is 1.25 bits per heavy atom. The molecule has 0 atom stereocenters. The van der Waals surface area contributed by atoms with Gasteiger partial charge in [0.15, 0.2) is 0 Å². The van der Waals surface area contributed by atoms with Crippen molar-refractivity contribution in [2.75, 3.05) is 13.1 Å². The molecular formula is C17H15BrClNO3S. The molecule has 0 spiro atoms. The molecule has 1 aliphatic heterocycles. The van der Waals surface area contributed by atoms with Gasteiger partial charge in [-0.2, -0.15) is 0 Å². The molecule has 126 valence electrons. The number of hydrogen-bond acceptors (Lipinski definition) is 4. The molecule has 1 amide bonds. The lowest BCUT2D eigenvalue weighted by atomic mass is 9.97. The lowest BCUT2D eigenvalue weighted by molar-refractivity contribution is -0.140. The highest BCUT2D eigenvalue weighted by Crippen LogP contribution is 2.30. The second-order valence-electron chi connectivity index (χ2n) is 5.54. The summed E-state index contributed by atoms with van der Waals surface area (Å²) in [6.07, 6.45) is 1.22. The molecule has 0 N–H and O–H groups in total. The standard InChI is InChI=1S/C17H15BrClNO3S/c18-13-10-12(19)3-4-14(13)23-17(22)11-5-7-20(8-6-11)16(21)15-2-1-9-24-15/h1-4,9-11H,5-8H2. The number of ether oxygens (including phenoxy) is 1. The van der Waals surface area contributed by atoms with Crippen LogP contribution in [0.1, 0.15) is 22.5 Å². The average molecular weight is 429 g/mol. The molecule has 7 heteroatoms. The summed E-state index contributed by atoms with van der Waals surface area (Å²) < 4.78 is 6.11. The normalized spacial score (nSPS) is 15.3. The molecule has 2 heterocycles. The van der Waals surface area contributed by atoms with Gasteiger partial charge in [0.1, 0.15) is 5.75 Å². The Kier molecular flexibility index (Phi) is 5.58. The van der Waals surface area contributed by atoms with Gasteiger partial charge in [-0.1, -0.05) is 17.7 Å². The van der Waals surface area contributed by atoms with Crippen molar-refractivity contribution in [2.45, 2.75) is 12.8 Å². The van der Waals surface area contributed by atoms with Crippen LogP contribution in [0, 0.1) is 5.92 Å². The molecule has 0 aliphatic carbocycles. The topological polar surface area (TPSA) is 46.6 Å². The molecule has 24 heavy (non-hydrogen) atoms. The number of nitrogens with zero attached hydrogens (tertiary/aromatic N) is 1. The fourth-order valence-corrected chi connectivity index (χ4v) is 4.08. The van der Waals surface area contributed by atoms with E-state index in [2.05, 4.69) is 15.9 Å². The van der Waals surface area contributed by atoms with Gasteiger partial charge in [-0.25, -0.2) is 0 Å².